The van der Waals surface area contributed by atoms with Crippen LogP contribution in [0.15, 0.2) is 30.3 Å². The van der Waals surface area contributed by atoms with E-state index in [0.717, 1.165) is 5.56 Å². The van der Waals surface area contributed by atoms with E-state index in [4.69, 9.17) is 14.9 Å². The first kappa shape index (κ1) is 21.9. The number of nitrogens with one attached hydrogen (secondary N) is 1. The third kappa shape index (κ3) is 10.3. The number of alkyl carbamates (subject to hydrolysis) is 1. The number of carbonyl (C=O) groups excluding carboxylic acids is 2. The molecule has 1 aromatic carbocycles. The molecule has 1 rings (SSSR count). The van der Waals surface area contributed by atoms with Gasteiger partial charge in [-0.15, -0.1) is 0 Å². The Labute approximate surface area is 145 Å². The van der Waals surface area contributed by atoms with Gasteiger partial charge in [0.25, 0.3) is 0 Å². The molecule has 0 aliphatic rings. The molecule has 0 fully saturated rings. The van der Waals surface area contributed by atoms with Gasteiger partial charge in [0.15, 0.2) is 0 Å². The van der Waals surface area contributed by atoms with Crippen LogP contribution in [-0.4, -0.2) is 58.7 Å². The van der Waals surface area contributed by atoms with E-state index < -0.39 is 43.6 Å². The molecule has 0 aromatic heterocycles. The number of carboxylic acid groups (broad SMARTS) is 2. The van der Waals surface area contributed by atoms with E-state index in [0.29, 0.717) is 4.90 Å². The van der Waals surface area contributed by atoms with Crippen molar-refractivity contribution in [3.8, 4) is 0 Å². The average Bonchev–Trinajstić information content (AvgIpc) is 2.59. The van der Waals surface area contributed by atoms with E-state index in [2.05, 4.69) is 5.32 Å². The minimum absolute atomic E-state index is 0.00876. The summed E-state index contributed by atoms with van der Waals surface area (Å²) in [6, 6.07) is 8.85. The summed E-state index contributed by atoms with van der Waals surface area (Å²) in [5.74, 6) is -3.55. The van der Waals surface area contributed by atoms with Crippen molar-refractivity contribution in [1.29, 1.82) is 0 Å². The lowest BCUT2D eigenvalue weighted by Gasteiger charge is -2.18. The van der Waals surface area contributed by atoms with Crippen molar-refractivity contribution in [1.82, 2.24) is 10.2 Å². The van der Waals surface area contributed by atoms with Crippen molar-refractivity contribution in [2.75, 3.05) is 19.6 Å². The van der Waals surface area contributed by atoms with Crippen LogP contribution in [0.1, 0.15) is 19.4 Å². The quantitative estimate of drug-likeness (QED) is 0.632. The summed E-state index contributed by atoms with van der Waals surface area (Å²) < 4.78 is 4.87. The number of hydrogen-bond donors (Lipinski definition) is 3. The smallest absolute Gasteiger partial charge is 0.407 e. The number of benzene rings is 1. The van der Waals surface area contributed by atoms with E-state index in [1.54, 1.807) is 24.3 Å². The number of carbonyl (C=O) groups is 4. The number of ether oxygens (including phenoxy) is 1. The summed E-state index contributed by atoms with van der Waals surface area (Å²) >= 11 is 0. The molecule has 3 N–H and O–H groups in total. The Morgan fingerprint density at radius 3 is 2.00 bits per heavy atom. The highest BCUT2D eigenvalue weighted by Gasteiger charge is 2.20. The minimum atomic E-state index is -1.36. The van der Waals surface area contributed by atoms with Gasteiger partial charge in [0.1, 0.15) is 26.2 Å². The molecule has 1 aromatic rings. The third-order valence-electron chi connectivity index (χ3n) is 2.60. The summed E-state index contributed by atoms with van der Waals surface area (Å²) in [6.45, 7) is 1.90. The zero-order valence-electron chi connectivity index (χ0n) is 14.1. The number of aliphatic carboxylic acids is 2. The molecule has 9 nitrogen and oxygen atoms in total. The van der Waals surface area contributed by atoms with Crippen LogP contribution in [0.25, 0.3) is 0 Å². The van der Waals surface area contributed by atoms with E-state index >= 15 is 0 Å². The maximum absolute atomic E-state index is 11.7. The third-order valence-corrected chi connectivity index (χ3v) is 2.60. The molecule has 0 spiro atoms. The van der Waals surface area contributed by atoms with E-state index in [9.17, 15) is 19.2 Å². The Kier molecular flexibility index (Phi) is 10.8. The predicted octanol–water partition coefficient (Wildman–Crippen LogP) is 0.937. The van der Waals surface area contributed by atoms with Gasteiger partial charge >= 0.3 is 18.0 Å². The first-order chi connectivity index (χ1) is 11.9. The maximum atomic E-state index is 11.7. The molecule has 0 aliphatic heterocycles. The van der Waals surface area contributed by atoms with Gasteiger partial charge in [-0.25, -0.2) is 4.79 Å². The number of nitrogens with zero attached hydrogens (tertiary/aromatic N) is 1. The zero-order chi connectivity index (χ0) is 19.2. The number of rotatable bonds is 8. The monoisotopic (exact) mass is 354 g/mol. The molecule has 2 amide bonds. The van der Waals surface area contributed by atoms with Gasteiger partial charge in [-0.1, -0.05) is 44.2 Å². The fourth-order valence-corrected chi connectivity index (χ4v) is 1.59. The van der Waals surface area contributed by atoms with Gasteiger partial charge in [-0.2, -0.15) is 0 Å². The Morgan fingerprint density at radius 2 is 1.52 bits per heavy atom. The molecule has 0 saturated carbocycles. The van der Waals surface area contributed by atoms with Crippen molar-refractivity contribution in [2.45, 2.75) is 20.5 Å². The molecular formula is C16H22N2O7. The molecule has 0 saturated heterocycles. The van der Waals surface area contributed by atoms with Crippen LogP contribution >= 0.6 is 0 Å². The molecule has 0 atom stereocenters. The van der Waals surface area contributed by atoms with Crippen molar-refractivity contribution >= 4 is 23.9 Å². The van der Waals surface area contributed by atoms with E-state index in [1.165, 1.54) is 0 Å². The van der Waals surface area contributed by atoms with Crippen LogP contribution in [0.2, 0.25) is 0 Å². The van der Waals surface area contributed by atoms with Crippen LogP contribution in [0.3, 0.4) is 0 Å². The Hall–Kier alpha value is -3.10. The first-order valence-electron chi connectivity index (χ1n) is 7.54. The fourth-order valence-electron chi connectivity index (χ4n) is 1.59. The molecule has 0 unspecified atom stereocenters. The first-order valence-corrected chi connectivity index (χ1v) is 7.54. The predicted molar refractivity (Wildman–Crippen MR) is 87.8 cm³/mol. The summed E-state index contributed by atoms with van der Waals surface area (Å²) in [6.07, 6.45) is -0.868. The van der Waals surface area contributed by atoms with Gasteiger partial charge < -0.3 is 25.2 Å². The highest BCUT2D eigenvalue weighted by atomic mass is 16.5. The van der Waals surface area contributed by atoms with E-state index in [1.807, 2.05) is 19.9 Å². The largest absolute Gasteiger partial charge is 0.480 e. The van der Waals surface area contributed by atoms with Crippen molar-refractivity contribution in [3.05, 3.63) is 35.9 Å². The standard InChI is InChI=1S/C14H16N2O7.C2H6/c17-11(16(7-12(18)19)8-13(20)21)6-15-14(22)23-9-10-4-2-1-3-5-10;1-2/h1-5H,6-9H2,(H,15,22)(H,18,19)(H,20,21);1-2H3. The summed E-state index contributed by atoms with van der Waals surface area (Å²) in [4.78, 5) is 45.0. The molecule has 0 aliphatic carbocycles. The lowest BCUT2D eigenvalue weighted by Crippen LogP contribution is -2.44. The van der Waals surface area contributed by atoms with Gasteiger partial charge in [-0.3, -0.25) is 14.4 Å². The molecule has 9 heteroatoms. The van der Waals surface area contributed by atoms with Crippen LogP contribution < -0.4 is 5.32 Å². The van der Waals surface area contributed by atoms with Crippen molar-refractivity contribution in [3.63, 3.8) is 0 Å². The van der Waals surface area contributed by atoms with Crippen LogP contribution in [0.5, 0.6) is 0 Å². The SMILES string of the molecule is CC.O=C(O)CN(CC(=O)O)C(=O)CNC(=O)OCc1ccccc1. The minimum Gasteiger partial charge on any atom is -0.480 e. The zero-order valence-corrected chi connectivity index (χ0v) is 14.1. The molecule has 25 heavy (non-hydrogen) atoms. The summed E-state index contributed by atoms with van der Waals surface area (Å²) in [7, 11) is 0. The van der Waals surface area contributed by atoms with Gasteiger partial charge in [0.05, 0.1) is 0 Å². The average molecular weight is 354 g/mol. The Bertz CT molecular complexity index is 559. The molecule has 138 valence electrons. The molecule has 0 heterocycles. The summed E-state index contributed by atoms with van der Waals surface area (Å²) in [5, 5.41) is 19.4. The molecular weight excluding hydrogens is 332 g/mol. The van der Waals surface area contributed by atoms with Crippen molar-refractivity contribution < 1.29 is 34.1 Å². The van der Waals surface area contributed by atoms with Crippen LogP contribution in [0, 0.1) is 0 Å². The Balaban J connectivity index is 0.00000277. The van der Waals surface area contributed by atoms with Gasteiger partial charge in [-0.05, 0) is 5.56 Å². The number of carboxylic acids is 2. The second-order valence-corrected chi connectivity index (χ2v) is 4.45. The van der Waals surface area contributed by atoms with Crippen molar-refractivity contribution in [2.24, 2.45) is 0 Å². The Morgan fingerprint density at radius 1 is 1.00 bits per heavy atom. The topological polar surface area (TPSA) is 133 Å². The van der Waals surface area contributed by atoms with Crippen LogP contribution in [-0.2, 0) is 25.7 Å². The lowest BCUT2D eigenvalue weighted by atomic mass is 10.2. The fraction of sp³-hybridized carbons (Fsp3) is 0.375. The normalized spacial score (nSPS) is 9.20. The highest BCUT2D eigenvalue weighted by molar-refractivity contribution is 5.87. The summed E-state index contributed by atoms with van der Waals surface area (Å²) in [5.41, 5.74) is 0.757. The second-order valence-electron chi connectivity index (χ2n) is 4.45. The van der Waals surface area contributed by atoms with Gasteiger partial charge in [0.2, 0.25) is 5.91 Å². The number of amides is 2. The lowest BCUT2D eigenvalue weighted by molar-refractivity contribution is -0.148. The second kappa shape index (κ2) is 12.3. The van der Waals surface area contributed by atoms with Gasteiger partial charge in [0, 0.05) is 0 Å². The molecule has 0 bridgehead atoms. The maximum Gasteiger partial charge on any atom is 0.407 e. The number of hydrogen-bond acceptors (Lipinski definition) is 5. The van der Waals surface area contributed by atoms with E-state index in [-0.39, 0.29) is 6.61 Å². The van der Waals surface area contributed by atoms with Crippen LogP contribution in [0.4, 0.5) is 4.79 Å². The molecule has 0 radical (unpaired) electrons. The highest BCUT2D eigenvalue weighted by Crippen LogP contribution is 2.00.